The van der Waals surface area contributed by atoms with Crippen molar-refractivity contribution in [2.45, 2.75) is 116 Å². The van der Waals surface area contributed by atoms with Gasteiger partial charge in [-0.1, -0.05) is 109 Å². The van der Waals surface area contributed by atoms with Gasteiger partial charge in [0, 0.05) is 0 Å². The minimum Gasteiger partial charge on any atom is -0.462 e. The molecule has 0 N–H and O–H groups in total. The van der Waals surface area contributed by atoms with E-state index in [0.29, 0.717) is 12.2 Å². The molecule has 0 radical (unpaired) electrons. The van der Waals surface area contributed by atoms with Gasteiger partial charge in [-0.25, -0.2) is 4.79 Å². The summed E-state index contributed by atoms with van der Waals surface area (Å²) in [6.45, 7) is 2.53. The molecular formula is C29H46O2. The van der Waals surface area contributed by atoms with Crippen molar-refractivity contribution in [3.8, 4) is 0 Å². The lowest BCUT2D eigenvalue weighted by atomic mass is 9.69. The fourth-order valence-corrected chi connectivity index (χ4v) is 6.11. The highest BCUT2D eigenvalue weighted by Crippen LogP contribution is 2.40. The van der Waals surface area contributed by atoms with Gasteiger partial charge in [-0.05, 0) is 54.7 Å². The average molecular weight is 427 g/mol. The molecule has 1 aromatic carbocycles. The van der Waals surface area contributed by atoms with Gasteiger partial charge >= 0.3 is 5.97 Å². The summed E-state index contributed by atoms with van der Waals surface area (Å²) in [6, 6.07) is 8.26. The summed E-state index contributed by atoms with van der Waals surface area (Å²) < 4.78 is 5.28. The molecule has 2 fully saturated rings. The van der Waals surface area contributed by atoms with Crippen LogP contribution in [-0.4, -0.2) is 12.6 Å². The zero-order valence-electron chi connectivity index (χ0n) is 20.1. The lowest BCUT2D eigenvalue weighted by Crippen LogP contribution is -2.26. The van der Waals surface area contributed by atoms with Crippen LogP contribution in [0.4, 0.5) is 0 Å². The minimum atomic E-state index is -0.185. The van der Waals surface area contributed by atoms with Gasteiger partial charge in [0.2, 0.25) is 0 Å². The van der Waals surface area contributed by atoms with Gasteiger partial charge in [0.05, 0.1) is 12.2 Å². The molecule has 3 rings (SSSR count). The molecule has 0 heterocycles. The number of ether oxygens (including phenoxy) is 1. The smallest absolute Gasteiger partial charge is 0.338 e. The van der Waals surface area contributed by atoms with Gasteiger partial charge in [0.25, 0.3) is 0 Å². The molecule has 2 aliphatic rings. The van der Waals surface area contributed by atoms with Crippen LogP contribution in [-0.2, 0) is 11.2 Å². The molecule has 0 spiro atoms. The molecule has 0 aromatic heterocycles. The van der Waals surface area contributed by atoms with E-state index in [1.807, 2.05) is 19.1 Å². The quantitative estimate of drug-likeness (QED) is 0.389. The molecule has 174 valence electrons. The van der Waals surface area contributed by atoms with Crippen molar-refractivity contribution in [3.05, 3.63) is 35.4 Å². The summed E-state index contributed by atoms with van der Waals surface area (Å²) in [7, 11) is 0. The third-order valence-corrected chi connectivity index (χ3v) is 7.90. The van der Waals surface area contributed by atoms with Crippen molar-refractivity contribution in [2.24, 2.45) is 17.8 Å². The van der Waals surface area contributed by atoms with Gasteiger partial charge in [0.1, 0.15) is 0 Å². The first-order valence-electron chi connectivity index (χ1n) is 13.5. The van der Waals surface area contributed by atoms with Crippen molar-refractivity contribution in [1.29, 1.82) is 0 Å². The van der Waals surface area contributed by atoms with E-state index >= 15 is 0 Å². The summed E-state index contributed by atoms with van der Waals surface area (Å²) in [5, 5.41) is 0. The number of hydrogen-bond donors (Lipinski definition) is 0. The average Bonchev–Trinajstić information content (AvgIpc) is 2.74. The van der Waals surface area contributed by atoms with Crippen molar-refractivity contribution in [3.63, 3.8) is 0 Å². The molecule has 2 saturated carbocycles. The van der Waals surface area contributed by atoms with E-state index in [2.05, 4.69) is 12.1 Å². The molecule has 0 unspecified atom stereocenters. The van der Waals surface area contributed by atoms with Gasteiger partial charge in [-0.15, -0.1) is 0 Å². The Balaban J connectivity index is 1.63. The van der Waals surface area contributed by atoms with Crippen LogP contribution in [0.25, 0.3) is 0 Å². The summed E-state index contributed by atoms with van der Waals surface area (Å²) >= 11 is 0. The maximum atomic E-state index is 12.1. The maximum Gasteiger partial charge on any atom is 0.338 e. The highest BCUT2D eigenvalue weighted by Gasteiger charge is 2.29. The maximum absolute atomic E-state index is 12.1. The zero-order valence-corrected chi connectivity index (χ0v) is 20.1. The largest absolute Gasteiger partial charge is 0.462 e. The van der Waals surface area contributed by atoms with Crippen molar-refractivity contribution < 1.29 is 9.53 Å². The zero-order chi connectivity index (χ0) is 21.7. The van der Waals surface area contributed by atoms with Crippen LogP contribution in [0.5, 0.6) is 0 Å². The van der Waals surface area contributed by atoms with Crippen molar-refractivity contribution in [1.82, 2.24) is 0 Å². The van der Waals surface area contributed by atoms with E-state index in [9.17, 15) is 4.79 Å². The monoisotopic (exact) mass is 426 g/mol. The first-order chi connectivity index (χ1) is 15.3. The number of hydrogen-bond acceptors (Lipinski definition) is 2. The van der Waals surface area contributed by atoms with Crippen LogP contribution in [0.1, 0.15) is 126 Å². The van der Waals surface area contributed by atoms with Gasteiger partial charge < -0.3 is 4.74 Å². The van der Waals surface area contributed by atoms with E-state index in [0.717, 1.165) is 30.6 Å². The topological polar surface area (TPSA) is 26.3 Å². The molecular weight excluding hydrogens is 380 g/mol. The normalized spacial score (nSPS) is 19.9. The van der Waals surface area contributed by atoms with Gasteiger partial charge in [-0.3, -0.25) is 0 Å². The van der Waals surface area contributed by atoms with Crippen LogP contribution >= 0.6 is 0 Å². The Morgan fingerprint density at radius 2 is 1.29 bits per heavy atom. The molecule has 31 heavy (non-hydrogen) atoms. The Morgan fingerprint density at radius 1 is 0.806 bits per heavy atom. The lowest BCUT2D eigenvalue weighted by molar-refractivity contribution is 0.0505. The molecule has 0 amide bonds. The molecule has 2 nitrogen and oxygen atoms in total. The van der Waals surface area contributed by atoms with Gasteiger partial charge in [0.15, 0.2) is 0 Å². The van der Waals surface area contributed by atoms with E-state index in [-0.39, 0.29) is 5.97 Å². The predicted octanol–water partition coefficient (Wildman–Crippen LogP) is 8.52. The Bertz CT molecular complexity index is 582. The number of aryl methyl sites for hydroxylation is 1. The fourth-order valence-electron chi connectivity index (χ4n) is 6.11. The van der Waals surface area contributed by atoms with Gasteiger partial charge in [-0.2, -0.15) is 0 Å². The highest BCUT2D eigenvalue weighted by molar-refractivity contribution is 5.89. The minimum absolute atomic E-state index is 0.185. The number of esters is 1. The second-order valence-electron chi connectivity index (χ2n) is 10.2. The molecule has 0 atom stereocenters. The standard InChI is InChI=1S/C29H46O2/c1-2-23-31-29(30)27-20-17-24(18-21-27)19-22-28(25-13-9-5-3-6-10-14-25)26-15-11-7-4-8-12-16-26/h17-18,20-21,25-26,28H,2-16,19,22-23H2,1H3. The molecule has 0 aliphatic heterocycles. The SMILES string of the molecule is CCCOC(=O)c1ccc(CCC(C2CCCCCCC2)C2CCCCCCC2)cc1. The Labute approximate surface area is 191 Å². The summed E-state index contributed by atoms with van der Waals surface area (Å²) in [4.78, 5) is 12.1. The molecule has 2 heteroatoms. The highest BCUT2D eigenvalue weighted by atomic mass is 16.5. The van der Waals surface area contributed by atoms with E-state index < -0.39 is 0 Å². The third kappa shape index (κ3) is 8.28. The van der Waals surface area contributed by atoms with Crippen molar-refractivity contribution >= 4 is 5.97 Å². The molecule has 0 bridgehead atoms. The second kappa shape index (κ2) is 14.0. The number of benzene rings is 1. The van der Waals surface area contributed by atoms with Crippen LogP contribution < -0.4 is 0 Å². The van der Waals surface area contributed by atoms with Crippen LogP contribution in [0.2, 0.25) is 0 Å². The Hall–Kier alpha value is -1.31. The first-order valence-corrected chi connectivity index (χ1v) is 13.5. The van der Waals surface area contributed by atoms with E-state index in [1.165, 1.54) is 102 Å². The second-order valence-corrected chi connectivity index (χ2v) is 10.2. The Kier molecular flexibility index (Phi) is 11.0. The third-order valence-electron chi connectivity index (χ3n) is 7.90. The first kappa shape index (κ1) is 24.3. The predicted molar refractivity (Wildman–Crippen MR) is 130 cm³/mol. The lowest BCUT2D eigenvalue weighted by Gasteiger charge is -2.36. The van der Waals surface area contributed by atoms with Crippen LogP contribution in [0.3, 0.4) is 0 Å². The van der Waals surface area contributed by atoms with Crippen LogP contribution in [0, 0.1) is 17.8 Å². The van der Waals surface area contributed by atoms with E-state index in [1.54, 1.807) is 0 Å². The van der Waals surface area contributed by atoms with Crippen molar-refractivity contribution in [2.75, 3.05) is 6.61 Å². The Morgan fingerprint density at radius 3 is 1.77 bits per heavy atom. The van der Waals surface area contributed by atoms with E-state index in [4.69, 9.17) is 4.74 Å². The molecule has 1 aromatic rings. The number of carbonyl (C=O) groups excluding carboxylic acids is 1. The molecule has 0 saturated heterocycles. The number of rotatable bonds is 8. The van der Waals surface area contributed by atoms with Crippen LogP contribution in [0.15, 0.2) is 24.3 Å². The summed E-state index contributed by atoms with van der Waals surface area (Å²) in [5.41, 5.74) is 2.07. The fraction of sp³-hybridized carbons (Fsp3) is 0.759. The summed E-state index contributed by atoms with van der Waals surface area (Å²) in [6.07, 6.45) is 23.7. The molecule has 2 aliphatic carbocycles. The summed E-state index contributed by atoms with van der Waals surface area (Å²) in [5.74, 6) is 2.58. The number of carbonyl (C=O) groups is 1.